The van der Waals surface area contributed by atoms with Crippen LogP contribution in [0.25, 0.3) is 5.69 Å². The van der Waals surface area contributed by atoms with E-state index in [2.05, 4.69) is 54.7 Å². The van der Waals surface area contributed by atoms with E-state index in [4.69, 9.17) is 5.10 Å². The number of benzene rings is 2. The highest BCUT2D eigenvalue weighted by Crippen LogP contribution is 2.48. The fraction of sp³-hybridized carbons (Fsp3) is 0.250. The van der Waals surface area contributed by atoms with Gasteiger partial charge < -0.3 is 5.32 Å². The molecule has 0 saturated carbocycles. The van der Waals surface area contributed by atoms with Gasteiger partial charge in [-0.25, -0.2) is 4.68 Å². The fourth-order valence-electron chi connectivity index (χ4n) is 4.55. The maximum absolute atomic E-state index is 12.9. The Morgan fingerprint density at radius 2 is 1.75 bits per heavy atom. The van der Waals surface area contributed by atoms with Gasteiger partial charge in [0.25, 0.3) is 0 Å². The Kier molecular flexibility index (Phi) is 3.93. The number of aryl methyl sites for hydroxylation is 2. The first-order valence-electron chi connectivity index (χ1n) is 9.85. The number of nitrogens with zero attached hydrogens (tertiary/aromatic N) is 2. The van der Waals surface area contributed by atoms with Gasteiger partial charge in [0, 0.05) is 23.6 Å². The van der Waals surface area contributed by atoms with E-state index in [1.54, 1.807) is 0 Å². The maximum Gasteiger partial charge on any atom is 0.143 e. The van der Waals surface area contributed by atoms with Crippen LogP contribution >= 0.6 is 0 Å². The maximum atomic E-state index is 12.9. The predicted octanol–water partition coefficient (Wildman–Crippen LogP) is 4.91. The zero-order valence-electron chi connectivity index (χ0n) is 16.1. The summed E-state index contributed by atoms with van der Waals surface area (Å²) in [5.41, 5.74) is 6.53. The number of hydrogen-bond acceptors (Lipinski definition) is 3. The van der Waals surface area contributed by atoms with Gasteiger partial charge in [-0.05, 0) is 38.0 Å². The van der Waals surface area contributed by atoms with Crippen LogP contribution in [0.5, 0.6) is 0 Å². The number of fused-ring (bicyclic) bond motifs is 2. The summed E-state index contributed by atoms with van der Waals surface area (Å²) in [6.07, 6.45) is 3.60. The standard InChI is InChI=1S/C24H23N3O/c1-15-11-13-18(14-12-15)27-24-21(16(2)26-27)22(17-7-4-3-5-8-17)23-19(25-24)9-6-10-20(23)28/h3-5,7-9,11-14,22-23,25H,6,10H2,1-2H3/t22-,23+/m1/s1. The first-order valence-corrected chi connectivity index (χ1v) is 9.85. The van der Waals surface area contributed by atoms with Crippen LogP contribution < -0.4 is 5.32 Å². The molecule has 2 aromatic carbocycles. The Labute approximate surface area is 164 Å². The molecule has 0 bridgehead atoms. The number of nitrogens with one attached hydrogen (secondary N) is 1. The third-order valence-electron chi connectivity index (χ3n) is 5.89. The molecule has 0 unspecified atom stereocenters. The number of ketones is 1. The molecule has 0 amide bonds. The Bertz CT molecular complexity index is 1080. The lowest BCUT2D eigenvalue weighted by molar-refractivity contribution is -0.122. The summed E-state index contributed by atoms with van der Waals surface area (Å²) >= 11 is 0. The molecule has 4 heteroatoms. The van der Waals surface area contributed by atoms with Gasteiger partial charge in [0.05, 0.1) is 17.3 Å². The normalized spacial score (nSPS) is 20.8. The molecule has 1 aliphatic carbocycles. The smallest absolute Gasteiger partial charge is 0.143 e. The fourth-order valence-corrected chi connectivity index (χ4v) is 4.55. The molecule has 5 rings (SSSR count). The number of Topliss-reactive ketones (excluding diaryl/α,β-unsaturated/α-hetero) is 1. The minimum Gasteiger partial charge on any atom is -0.343 e. The minimum atomic E-state index is -0.155. The van der Waals surface area contributed by atoms with E-state index in [1.807, 2.05) is 29.8 Å². The number of anilines is 1. The molecular weight excluding hydrogens is 346 g/mol. The number of hydrogen-bond donors (Lipinski definition) is 1. The van der Waals surface area contributed by atoms with E-state index in [0.717, 1.165) is 34.9 Å². The summed E-state index contributed by atoms with van der Waals surface area (Å²) < 4.78 is 1.98. The molecule has 0 saturated heterocycles. The van der Waals surface area contributed by atoms with Crippen LogP contribution in [0.15, 0.2) is 66.4 Å². The van der Waals surface area contributed by atoms with Crippen LogP contribution in [0.1, 0.15) is 41.1 Å². The lowest BCUT2D eigenvalue weighted by Crippen LogP contribution is -2.35. The molecule has 1 aromatic heterocycles. The van der Waals surface area contributed by atoms with Crippen LogP contribution in [0.4, 0.5) is 5.82 Å². The van der Waals surface area contributed by atoms with E-state index >= 15 is 0 Å². The highest BCUT2D eigenvalue weighted by atomic mass is 16.1. The van der Waals surface area contributed by atoms with Crippen molar-refractivity contribution in [3.05, 3.63) is 88.8 Å². The zero-order valence-corrected chi connectivity index (χ0v) is 16.1. The van der Waals surface area contributed by atoms with Crippen molar-refractivity contribution in [1.29, 1.82) is 0 Å². The summed E-state index contributed by atoms with van der Waals surface area (Å²) in [6, 6.07) is 18.8. The number of aromatic nitrogens is 2. The molecule has 28 heavy (non-hydrogen) atoms. The van der Waals surface area contributed by atoms with Crippen LogP contribution in [0, 0.1) is 19.8 Å². The first kappa shape index (κ1) is 17.0. The molecule has 0 radical (unpaired) electrons. The predicted molar refractivity (Wildman–Crippen MR) is 111 cm³/mol. The van der Waals surface area contributed by atoms with Crippen molar-refractivity contribution in [1.82, 2.24) is 9.78 Å². The molecule has 1 N–H and O–H groups in total. The van der Waals surface area contributed by atoms with Crippen LogP contribution in [0.2, 0.25) is 0 Å². The molecule has 140 valence electrons. The van der Waals surface area contributed by atoms with E-state index in [0.29, 0.717) is 12.2 Å². The van der Waals surface area contributed by atoms with Gasteiger partial charge in [-0.2, -0.15) is 5.10 Å². The molecule has 1 aliphatic heterocycles. The molecule has 0 fully saturated rings. The average Bonchev–Trinajstić information content (AvgIpc) is 3.04. The van der Waals surface area contributed by atoms with E-state index in [-0.39, 0.29) is 11.8 Å². The number of carbonyl (C=O) groups is 1. The van der Waals surface area contributed by atoms with Crippen molar-refractivity contribution < 1.29 is 4.79 Å². The van der Waals surface area contributed by atoms with Crippen LogP contribution in [0.3, 0.4) is 0 Å². The molecule has 2 heterocycles. The SMILES string of the molecule is Cc1ccc(-n2nc(C)c3c2NC2=CCCC(=O)[C@H]2[C@@H]3c2ccccc2)cc1. The average molecular weight is 369 g/mol. The summed E-state index contributed by atoms with van der Waals surface area (Å²) in [5, 5.41) is 8.44. The topological polar surface area (TPSA) is 46.9 Å². The summed E-state index contributed by atoms with van der Waals surface area (Å²) in [4.78, 5) is 12.9. The molecule has 3 aromatic rings. The molecular formula is C24H23N3O. The van der Waals surface area contributed by atoms with E-state index < -0.39 is 0 Å². The van der Waals surface area contributed by atoms with Crippen molar-refractivity contribution in [2.24, 2.45) is 5.92 Å². The number of allylic oxidation sites excluding steroid dienone is 2. The molecule has 0 spiro atoms. The Morgan fingerprint density at radius 1 is 1.00 bits per heavy atom. The Hall–Kier alpha value is -3.14. The second-order valence-corrected chi connectivity index (χ2v) is 7.75. The van der Waals surface area contributed by atoms with E-state index in [1.165, 1.54) is 11.1 Å². The van der Waals surface area contributed by atoms with Gasteiger partial charge in [-0.15, -0.1) is 0 Å². The third kappa shape index (κ3) is 2.60. The summed E-state index contributed by atoms with van der Waals surface area (Å²) in [6.45, 7) is 4.13. The second-order valence-electron chi connectivity index (χ2n) is 7.75. The van der Waals surface area contributed by atoms with Crippen LogP contribution in [-0.2, 0) is 4.79 Å². The Balaban J connectivity index is 1.74. The lowest BCUT2D eigenvalue weighted by Gasteiger charge is -2.36. The van der Waals surface area contributed by atoms with Crippen molar-refractivity contribution >= 4 is 11.6 Å². The first-order chi connectivity index (χ1) is 13.6. The number of rotatable bonds is 2. The largest absolute Gasteiger partial charge is 0.343 e. The number of carbonyl (C=O) groups excluding carboxylic acids is 1. The van der Waals surface area contributed by atoms with Crippen molar-refractivity contribution in [3.63, 3.8) is 0 Å². The summed E-state index contributed by atoms with van der Waals surface area (Å²) in [7, 11) is 0. The highest BCUT2D eigenvalue weighted by molar-refractivity contribution is 5.89. The van der Waals surface area contributed by atoms with Gasteiger partial charge in [-0.1, -0.05) is 54.1 Å². The third-order valence-corrected chi connectivity index (χ3v) is 5.89. The lowest BCUT2D eigenvalue weighted by atomic mass is 9.72. The van der Waals surface area contributed by atoms with Gasteiger partial charge in [0.15, 0.2) is 0 Å². The molecule has 2 atom stereocenters. The minimum absolute atomic E-state index is 0.00398. The zero-order chi connectivity index (χ0) is 19.3. The highest BCUT2D eigenvalue weighted by Gasteiger charge is 2.42. The quantitative estimate of drug-likeness (QED) is 0.698. The van der Waals surface area contributed by atoms with Gasteiger partial charge >= 0.3 is 0 Å². The monoisotopic (exact) mass is 369 g/mol. The van der Waals surface area contributed by atoms with E-state index in [9.17, 15) is 4.79 Å². The van der Waals surface area contributed by atoms with Gasteiger partial charge in [0.2, 0.25) is 0 Å². The molecule has 4 nitrogen and oxygen atoms in total. The van der Waals surface area contributed by atoms with Gasteiger partial charge in [0.1, 0.15) is 11.6 Å². The Morgan fingerprint density at radius 3 is 2.50 bits per heavy atom. The van der Waals surface area contributed by atoms with Crippen LogP contribution in [-0.4, -0.2) is 15.6 Å². The van der Waals surface area contributed by atoms with Crippen molar-refractivity contribution in [2.45, 2.75) is 32.6 Å². The van der Waals surface area contributed by atoms with Crippen molar-refractivity contribution in [2.75, 3.05) is 5.32 Å². The second kappa shape index (κ2) is 6.48. The summed E-state index contributed by atoms with van der Waals surface area (Å²) in [5.74, 6) is 1.13. The van der Waals surface area contributed by atoms with Crippen molar-refractivity contribution in [3.8, 4) is 5.69 Å². The molecule has 2 aliphatic rings. The van der Waals surface area contributed by atoms with Gasteiger partial charge in [-0.3, -0.25) is 4.79 Å².